The van der Waals surface area contributed by atoms with E-state index in [4.69, 9.17) is 5.84 Å². The second kappa shape index (κ2) is 5.51. The third kappa shape index (κ3) is 3.40. The highest BCUT2D eigenvalue weighted by Gasteiger charge is 2.24. The van der Waals surface area contributed by atoms with Gasteiger partial charge in [-0.05, 0) is 18.6 Å². The van der Waals surface area contributed by atoms with Gasteiger partial charge in [-0.15, -0.1) is 0 Å². The van der Waals surface area contributed by atoms with Crippen LogP contribution in [0.3, 0.4) is 0 Å². The number of nitrogen functional groups attached to an aromatic ring is 1. The highest BCUT2D eigenvalue weighted by Crippen LogP contribution is 2.12. The van der Waals surface area contributed by atoms with Gasteiger partial charge in [-0.2, -0.15) is 0 Å². The monoisotopic (exact) mass is 285 g/mol. The maximum atomic E-state index is 12.1. The average molecular weight is 285 g/mol. The first-order chi connectivity index (χ1) is 9.01. The average Bonchev–Trinajstić information content (AvgIpc) is 2.41. The number of aromatic nitrogens is 1. The van der Waals surface area contributed by atoms with Crippen molar-refractivity contribution in [3.8, 4) is 0 Å². The van der Waals surface area contributed by atoms with Gasteiger partial charge in [0.1, 0.15) is 10.7 Å². The second-order valence-corrected chi connectivity index (χ2v) is 5.90. The summed E-state index contributed by atoms with van der Waals surface area (Å²) < 4.78 is 26.7. The number of carbonyl (C=O) groups is 1. The standard InChI is InChI=1S/C10H15N5O3S/c11-14-9-3-2-8(6-12-9)19(17,18)15-7-1-4-10(16)13-5-7/h2-3,6-7,15H,1,4-5,11H2,(H,12,14)(H,13,16). The first kappa shape index (κ1) is 13.7. The number of rotatable bonds is 4. The van der Waals surface area contributed by atoms with E-state index in [2.05, 4.69) is 20.4 Å². The van der Waals surface area contributed by atoms with Crippen LogP contribution in [-0.2, 0) is 14.8 Å². The molecule has 19 heavy (non-hydrogen) atoms. The Balaban J connectivity index is 2.06. The van der Waals surface area contributed by atoms with Crippen LogP contribution in [0.5, 0.6) is 0 Å². The summed E-state index contributed by atoms with van der Waals surface area (Å²) in [5.74, 6) is 5.47. The van der Waals surface area contributed by atoms with Gasteiger partial charge in [0.2, 0.25) is 15.9 Å². The molecule has 0 saturated carbocycles. The number of amides is 1. The van der Waals surface area contributed by atoms with Crippen molar-refractivity contribution in [2.24, 2.45) is 5.84 Å². The number of pyridine rings is 1. The molecule has 0 radical (unpaired) electrons. The van der Waals surface area contributed by atoms with E-state index >= 15 is 0 Å². The van der Waals surface area contributed by atoms with Gasteiger partial charge in [0.15, 0.2) is 0 Å². The van der Waals surface area contributed by atoms with E-state index in [-0.39, 0.29) is 16.8 Å². The minimum atomic E-state index is -3.63. The number of nitrogens with zero attached hydrogens (tertiary/aromatic N) is 1. The fourth-order valence-electron chi connectivity index (χ4n) is 1.75. The number of sulfonamides is 1. The van der Waals surface area contributed by atoms with Crippen molar-refractivity contribution >= 4 is 21.7 Å². The van der Waals surface area contributed by atoms with Crippen molar-refractivity contribution in [2.75, 3.05) is 12.0 Å². The maximum absolute atomic E-state index is 12.1. The molecule has 2 heterocycles. The smallest absolute Gasteiger partial charge is 0.242 e. The summed E-state index contributed by atoms with van der Waals surface area (Å²) >= 11 is 0. The molecule has 0 aliphatic carbocycles. The Morgan fingerprint density at radius 1 is 1.42 bits per heavy atom. The summed E-state index contributed by atoms with van der Waals surface area (Å²) in [4.78, 5) is 14.9. The topological polar surface area (TPSA) is 126 Å². The summed E-state index contributed by atoms with van der Waals surface area (Å²) in [5.41, 5.74) is 2.32. The van der Waals surface area contributed by atoms with Gasteiger partial charge in [0.25, 0.3) is 0 Å². The number of hydrazine groups is 1. The predicted molar refractivity (Wildman–Crippen MR) is 68.4 cm³/mol. The molecule has 1 atom stereocenters. The molecule has 0 bridgehead atoms. The first-order valence-corrected chi connectivity index (χ1v) is 7.21. The zero-order chi connectivity index (χ0) is 13.9. The van der Waals surface area contributed by atoms with Crippen LogP contribution in [0.2, 0.25) is 0 Å². The van der Waals surface area contributed by atoms with Crippen LogP contribution in [0.1, 0.15) is 12.8 Å². The molecule has 1 aliphatic heterocycles. The molecule has 8 nitrogen and oxygen atoms in total. The number of anilines is 1. The normalized spacial score (nSPS) is 19.8. The Morgan fingerprint density at radius 2 is 2.21 bits per heavy atom. The van der Waals surface area contributed by atoms with Crippen molar-refractivity contribution in [1.29, 1.82) is 0 Å². The van der Waals surface area contributed by atoms with E-state index in [9.17, 15) is 13.2 Å². The number of nitrogens with two attached hydrogens (primary N) is 1. The lowest BCUT2D eigenvalue weighted by Crippen LogP contribution is -2.47. The van der Waals surface area contributed by atoms with E-state index in [0.717, 1.165) is 0 Å². The Bertz CT molecular complexity index is 547. The Labute approximate surface area is 110 Å². The minimum absolute atomic E-state index is 0.0587. The molecule has 9 heteroatoms. The highest BCUT2D eigenvalue weighted by molar-refractivity contribution is 7.89. The Kier molecular flexibility index (Phi) is 3.98. The van der Waals surface area contributed by atoms with Crippen LogP contribution in [0.25, 0.3) is 0 Å². The van der Waals surface area contributed by atoms with Crippen molar-refractivity contribution in [2.45, 2.75) is 23.8 Å². The van der Waals surface area contributed by atoms with Gasteiger partial charge >= 0.3 is 0 Å². The lowest BCUT2D eigenvalue weighted by molar-refractivity contribution is -0.122. The van der Waals surface area contributed by atoms with E-state index in [0.29, 0.717) is 25.2 Å². The molecule has 0 aromatic carbocycles. The lowest BCUT2D eigenvalue weighted by atomic mass is 10.1. The van der Waals surface area contributed by atoms with Crippen LogP contribution in [0.15, 0.2) is 23.2 Å². The van der Waals surface area contributed by atoms with Crippen LogP contribution < -0.4 is 21.3 Å². The number of piperidine rings is 1. The van der Waals surface area contributed by atoms with Gasteiger partial charge in [-0.3, -0.25) is 4.79 Å². The molecule has 1 fully saturated rings. The van der Waals surface area contributed by atoms with Crippen molar-refractivity contribution in [3.63, 3.8) is 0 Å². The lowest BCUT2D eigenvalue weighted by Gasteiger charge is -2.23. The molecular formula is C10H15N5O3S. The van der Waals surface area contributed by atoms with Crippen LogP contribution in [0.4, 0.5) is 5.82 Å². The molecule has 0 spiro atoms. The SMILES string of the molecule is NNc1ccc(S(=O)(=O)NC2CCC(=O)NC2)cn1. The highest BCUT2D eigenvalue weighted by atomic mass is 32.2. The molecule has 1 amide bonds. The van der Waals surface area contributed by atoms with Crippen LogP contribution in [0, 0.1) is 0 Å². The van der Waals surface area contributed by atoms with E-state index in [1.165, 1.54) is 18.3 Å². The van der Waals surface area contributed by atoms with Crippen molar-refractivity contribution in [1.82, 2.24) is 15.0 Å². The number of carbonyl (C=O) groups excluding carboxylic acids is 1. The zero-order valence-corrected chi connectivity index (χ0v) is 10.9. The minimum Gasteiger partial charge on any atom is -0.355 e. The van der Waals surface area contributed by atoms with Crippen LogP contribution >= 0.6 is 0 Å². The molecular weight excluding hydrogens is 270 g/mol. The van der Waals surface area contributed by atoms with Crippen molar-refractivity contribution in [3.05, 3.63) is 18.3 Å². The summed E-state index contributed by atoms with van der Waals surface area (Å²) in [6, 6.07) is 2.58. The molecule has 1 aromatic heterocycles. The molecule has 1 unspecified atom stereocenters. The predicted octanol–water partition coefficient (Wildman–Crippen LogP) is -1.08. The Hall–Kier alpha value is -1.71. The van der Waals surface area contributed by atoms with Gasteiger partial charge in [-0.25, -0.2) is 24.0 Å². The molecule has 2 rings (SSSR count). The quantitative estimate of drug-likeness (QED) is 0.412. The van der Waals surface area contributed by atoms with Crippen molar-refractivity contribution < 1.29 is 13.2 Å². The summed E-state index contributed by atoms with van der Waals surface area (Å²) in [7, 11) is -3.63. The molecule has 104 valence electrons. The van der Waals surface area contributed by atoms with E-state index < -0.39 is 10.0 Å². The van der Waals surface area contributed by atoms with Crippen LogP contribution in [-0.4, -0.2) is 31.9 Å². The van der Waals surface area contributed by atoms with Gasteiger partial charge in [-0.1, -0.05) is 0 Å². The number of hydrogen-bond acceptors (Lipinski definition) is 6. The summed E-state index contributed by atoms with van der Waals surface area (Å²) in [6.07, 6.45) is 2.03. The molecule has 1 aromatic rings. The molecule has 5 N–H and O–H groups in total. The van der Waals surface area contributed by atoms with E-state index in [1.54, 1.807) is 0 Å². The fourth-order valence-corrected chi connectivity index (χ4v) is 2.96. The molecule has 1 saturated heterocycles. The fraction of sp³-hybridized carbons (Fsp3) is 0.400. The third-order valence-electron chi connectivity index (χ3n) is 2.78. The Morgan fingerprint density at radius 3 is 2.74 bits per heavy atom. The number of hydrogen-bond donors (Lipinski definition) is 4. The maximum Gasteiger partial charge on any atom is 0.242 e. The zero-order valence-electron chi connectivity index (χ0n) is 10.1. The summed E-state index contributed by atoms with van der Waals surface area (Å²) in [5, 5.41) is 2.62. The van der Waals surface area contributed by atoms with Gasteiger partial charge < -0.3 is 10.7 Å². The van der Waals surface area contributed by atoms with E-state index in [1.807, 2.05) is 0 Å². The second-order valence-electron chi connectivity index (χ2n) is 4.18. The number of nitrogens with one attached hydrogen (secondary N) is 3. The summed E-state index contributed by atoms with van der Waals surface area (Å²) in [6.45, 7) is 0.300. The largest absolute Gasteiger partial charge is 0.355 e. The molecule has 1 aliphatic rings. The first-order valence-electron chi connectivity index (χ1n) is 5.73. The third-order valence-corrected chi connectivity index (χ3v) is 4.29. The van der Waals surface area contributed by atoms with Gasteiger partial charge in [0.05, 0.1) is 0 Å². The van der Waals surface area contributed by atoms with Gasteiger partial charge in [0, 0.05) is 25.2 Å².